The van der Waals surface area contributed by atoms with E-state index in [1.165, 1.54) is 0 Å². The number of ether oxygens (including phenoxy) is 2. The lowest BCUT2D eigenvalue weighted by Gasteiger charge is -2.33. The number of carbonyl (C=O) groups is 2. The maximum absolute atomic E-state index is 13.2. The fourth-order valence-electron chi connectivity index (χ4n) is 6.27. The molecule has 2 fully saturated rings. The SMILES string of the molecule is COc1cc2c(cc1-c1ccc(N3CCC3)nc1CN1C(=O)O[C@H](c3cccc(C)c3)[C@@H]1C)[C@H](CC(=O)O)CC2. The molecular weight excluding hydrogens is 506 g/mol. The van der Waals surface area contributed by atoms with Crippen LogP contribution in [0.1, 0.15) is 66.2 Å². The highest BCUT2D eigenvalue weighted by Gasteiger charge is 2.40. The molecule has 0 saturated carbocycles. The molecule has 208 valence electrons. The average molecular weight is 542 g/mol. The van der Waals surface area contributed by atoms with E-state index < -0.39 is 5.97 Å². The van der Waals surface area contributed by atoms with Crippen LogP contribution in [0, 0.1) is 6.92 Å². The molecule has 0 spiro atoms. The number of methoxy groups -OCH3 is 1. The molecule has 2 aromatic carbocycles. The van der Waals surface area contributed by atoms with E-state index in [9.17, 15) is 14.7 Å². The summed E-state index contributed by atoms with van der Waals surface area (Å²) in [6.45, 7) is 6.26. The molecule has 1 amide bonds. The standard InChI is InChI=1S/C32H35N3O5/c1-19-6-4-7-23(14-19)31-20(2)35(32(38)40-31)18-27-24(10-11-29(33-27)34-12-5-13-34)26-17-25-21(15-28(26)39-3)8-9-22(25)16-30(36)37/h4,6-7,10-11,14-15,17,20,22,31H,5,8-9,12-13,16,18H2,1-3H3,(H,36,37)/t20-,22-,31-/m0/s1. The van der Waals surface area contributed by atoms with Crippen LogP contribution < -0.4 is 9.64 Å². The van der Waals surface area contributed by atoms with Crippen LogP contribution >= 0.6 is 0 Å². The Morgan fingerprint density at radius 3 is 2.67 bits per heavy atom. The third kappa shape index (κ3) is 4.76. The molecule has 2 aliphatic heterocycles. The van der Waals surface area contributed by atoms with Crippen LogP contribution in [0.15, 0.2) is 48.5 Å². The molecule has 3 aromatic rings. The smallest absolute Gasteiger partial charge is 0.411 e. The van der Waals surface area contributed by atoms with Crippen molar-refractivity contribution in [3.05, 3.63) is 76.5 Å². The zero-order chi connectivity index (χ0) is 28.0. The largest absolute Gasteiger partial charge is 0.496 e. The van der Waals surface area contributed by atoms with Gasteiger partial charge in [0.15, 0.2) is 0 Å². The van der Waals surface area contributed by atoms with Crippen molar-refractivity contribution in [1.82, 2.24) is 9.88 Å². The predicted octanol–water partition coefficient (Wildman–Crippen LogP) is 5.86. The molecule has 1 N–H and O–H groups in total. The molecule has 1 aliphatic carbocycles. The number of aliphatic carboxylic acids is 1. The molecule has 3 aliphatic rings. The Bertz CT molecular complexity index is 1470. The first kappa shape index (κ1) is 26.2. The molecule has 8 heteroatoms. The molecule has 0 unspecified atom stereocenters. The summed E-state index contributed by atoms with van der Waals surface area (Å²) in [5, 5.41) is 9.48. The number of fused-ring (bicyclic) bond motifs is 1. The molecule has 0 radical (unpaired) electrons. The number of carboxylic acids is 1. The monoisotopic (exact) mass is 541 g/mol. The van der Waals surface area contributed by atoms with Crippen molar-refractivity contribution < 1.29 is 24.2 Å². The van der Waals surface area contributed by atoms with Crippen LogP contribution in [0.4, 0.5) is 10.6 Å². The van der Waals surface area contributed by atoms with Gasteiger partial charge in [0.1, 0.15) is 17.7 Å². The van der Waals surface area contributed by atoms with Crippen LogP contribution in [0.2, 0.25) is 0 Å². The fourth-order valence-corrected chi connectivity index (χ4v) is 6.27. The van der Waals surface area contributed by atoms with Gasteiger partial charge < -0.3 is 19.5 Å². The first-order chi connectivity index (χ1) is 19.3. The molecule has 0 bridgehead atoms. The van der Waals surface area contributed by atoms with Crippen LogP contribution in [-0.2, 0) is 22.5 Å². The van der Waals surface area contributed by atoms with Gasteiger partial charge in [0.2, 0.25) is 0 Å². The number of aryl methyl sites for hydroxylation is 2. The first-order valence-corrected chi connectivity index (χ1v) is 14.0. The second kappa shape index (κ2) is 10.5. The Hall–Kier alpha value is -4.07. The van der Waals surface area contributed by atoms with Crippen LogP contribution in [0.5, 0.6) is 5.75 Å². The number of rotatable bonds is 8. The molecule has 3 heterocycles. The molecule has 6 rings (SSSR count). The van der Waals surface area contributed by atoms with Crippen molar-refractivity contribution in [2.45, 2.75) is 64.1 Å². The zero-order valence-corrected chi connectivity index (χ0v) is 23.2. The van der Waals surface area contributed by atoms with Crippen LogP contribution in [0.25, 0.3) is 11.1 Å². The van der Waals surface area contributed by atoms with Crippen molar-refractivity contribution in [2.75, 3.05) is 25.1 Å². The summed E-state index contributed by atoms with van der Waals surface area (Å²) in [5.41, 5.74) is 6.81. The Kier molecular flexibility index (Phi) is 6.86. The number of hydrogen-bond donors (Lipinski definition) is 1. The van der Waals surface area contributed by atoms with Gasteiger partial charge in [0.05, 0.1) is 31.8 Å². The Morgan fingerprint density at radius 2 is 1.98 bits per heavy atom. The van der Waals surface area contributed by atoms with Gasteiger partial charge in [-0.2, -0.15) is 0 Å². The lowest BCUT2D eigenvalue weighted by molar-refractivity contribution is -0.137. The second-order valence-electron chi connectivity index (χ2n) is 11.2. The van der Waals surface area contributed by atoms with Gasteiger partial charge in [-0.15, -0.1) is 0 Å². The highest BCUT2D eigenvalue weighted by Crippen LogP contribution is 2.44. The van der Waals surface area contributed by atoms with Crippen molar-refractivity contribution >= 4 is 17.9 Å². The van der Waals surface area contributed by atoms with Gasteiger partial charge in [-0.05, 0) is 80.0 Å². The van der Waals surface area contributed by atoms with E-state index in [1.54, 1.807) is 12.0 Å². The third-order valence-corrected chi connectivity index (χ3v) is 8.60. The minimum absolute atomic E-state index is 0.0300. The number of amides is 1. The number of benzene rings is 2. The van der Waals surface area contributed by atoms with Gasteiger partial charge in [0.25, 0.3) is 0 Å². The lowest BCUT2D eigenvalue weighted by Crippen LogP contribution is -2.38. The summed E-state index contributed by atoms with van der Waals surface area (Å²) in [7, 11) is 1.66. The highest BCUT2D eigenvalue weighted by molar-refractivity contribution is 5.77. The van der Waals surface area contributed by atoms with Crippen molar-refractivity contribution in [3.63, 3.8) is 0 Å². The Morgan fingerprint density at radius 1 is 1.15 bits per heavy atom. The number of pyridine rings is 1. The van der Waals surface area contributed by atoms with Gasteiger partial charge in [0, 0.05) is 24.2 Å². The summed E-state index contributed by atoms with van der Waals surface area (Å²) in [6.07, 6.45) is 2.17. The molecular formula is C32H35N3O5. The minimum Gasteiger partial charge on any atom is -0.496 e. The van der Waals surface area contributed by atoms with E-state index in [2.05, 4.69) is 23.1 Å². The van der Waals surface area contributed by atoms with E-state index in [-0.39, 0.29) is 37.1 Å². The second-order valence-corrected chi connectivity index (χ2v) is 11.2. The molecule has 1 aromatic heterocycles. The topological polar surface area (TPSA) is 92.2 Å². The number of hydrogen-bond acceptors (Lipinski definition) is 6. The molecule has 40 heavy (non-hydrogen) atoms. The maximum Gasteiger partial charge on any atom is 0.411 e. The lowest BCUT2D eigenvalue weighted by atomic mass is 9.92. The van der Waals surface area contributed by atoms with Crippen molar-refractivity contribution in [1.29, 1.82) is 0 Å². The first-order valence-electron chi connectivity index (χ1n) is 14.0. The van der Waals surface area contributed by atoms with Crippen LogP contribution in [-0.4, -0.2) is 53.3 Å². The summed E-state index contributed by atoms with van der Waals surface area (Å²) in [5.74, 6) is 0.798. The molecule has 8 nitrogen and oxygen atoms in total. The van der Waals surface area contributed by atoms with Gasteiger partial charge in [-0.1, -0.05) is 29.8 Å². The van der Waals surface area contributed by atoms with Gasteiger partial charge in [-0.25, -0.2) is 9.78 Å². The van der Waals surface area contributed by atoms with E-state index in [1.807, 2.05) is 44.2 Å². The van der Waals surface area contributed by atoms with Crippen LogP contribution in [0.3, 0.4) is 0 Å². The number of anilines is 1. The Labute approximate surface area is 234 Å². The summed E-state index contributed by atoms with van der Waals surface area (Å²) in [6, 6.07) is 16.1. The van der Waals surface area contributed by atoms with E-state index in [4.69, 9.17) is 14.5 Å². The number of cyclic esters (lactones) is 1. The van der Waals surface area contributed by atoms with E-state index in [0.717, 1.165) is 83.0 Å². The predicted molar refractivity (Wildman–Crippen MR) is 152 cm³/mol. The number of aromatic nitrogens is 1. The quantitative estimate of drug-likeness (QED) is 0.382. The van der Waals surface area contributed by atoms with Crippen molar-refractivity contribution in [2.24, 2.45) is 0 Å². The zero-order valence-electron chi connectivity index (χ0n) is 23.2. The average Bonchev–Trinajstić information content (AvgIpc) is 3.41. The Balaban J connectivity index is 1.39. The number of nitrogens with zero attached hydrogens (tertiary/aromatic N) is 3. The molecule has 3 atom stereocenters. The fraction of sp³-hybridized carbons (Fsp3) is 0.406. The van der Waals surface area contributed by atoms with Gasteiger partial charge >= 0.3 is 12.1 Å². The minimum atomic E-state index is -0.791. The highest BCUT2D eigenvalue weighted by atomic mass is 16.6. The summed E-state index contributed by atoms with van der Waals surface area (Å²) >= 11 is 0. The third-order valence-electron chi connectivity index (χ3n) is 8.60. The number of carboxylic acid groups (broad SMARTS) is 1. The normalized spacial score (nSPS) is 21.7. The van der Waals surface area contributed by atoms with Crippen molar-refractivity contribution in [3.8, 4) is 16.9 Å². The van der Waals surface area contributed by atoms with E-state index in [0.29, 0.717) is 0 Å². The van der Waals surface area contributed by atoms with E-state index >= 15 is 0 Å². The molecule has 2 saturated heterocycles. The summed E-state index contributed by atoms with van der Waals surface area (Å²) < 4.78 is 11.7. The summed E-state index contributed by atoms with van der Waals surface area (Å²) in [4.78, 5) is 33.8. The number of carbonyl (C=O) groups excluding carboxylic acids is 1. The van der Waals surface area contributed by atoms with Gasteiger partial charge in [-0.3, -0.25) is 9.69 Å². The maximum atomic E-state index is 13.2.